The number of hydrazone groups is 1. The molecule has 0 aliphatic heterocycles. The van der Waals surface area contributed by atoms with E-state index in [4.69, 9.17) is 26.8 Å². The first kappa shape index (κ1) is 18.3. The number of carbonyl (C=O) groups excluding carboxylic acids is 1. The molecule has 0 fully saturated rings. The van der Waals surface area contributed by atoms with E-state index in [0.717, 1.165) is 14.7 Å². The van der Waals surface area contributed by atoms with Crippen LogP contribution in [0.2, 0.25) is 5.02 Å². The Kier molecular flexibility index (Phi) is 6.68. The average molecular weight is 460 g/mol. The number of ether oxygens (including phenoxy) is 2. The van der Waals surface area contributed by atoms with Crippen molar-refractivity contribution >= 4 is 46.4 Å². The minimum absolute atomic E-state index is 0.322. The van der Waals surface area contributed by atoms with E-state index < -0.39 is 6.03 Å². The highest BCUT2D eigenvalue weighted by molar-refractivity contribution is 14.1. The fourth-order valence-electron chi connectivity index (χ4n) is 1.89. The van der Waals surface area contributed by atoms with Gasteiger partial charge in [-0.2, -0.15) is 5.10 Å². The highest BCUT2D eigenvalue weighted by atomic mass is 127. The summed E-state index contributed by atoms with van der Waals surface area (Å²) in [5.74, 6) is 1.16. The van der Waals surface area contributed by atoms with Gasteiger partial charge in [0.1, 0.15) is 6.61 Å². The first-order valence-corrected chi connectivity index (χ1v) is 8.29. The fourth-order valence-corrected chi connectivity index (χ4v) is 2.86. The van der Waals surface area contributed by atoms with Crippen LogP contribution < -0.4 is 20.6 Å². The van der Waals surface area contributed by atoms with Crippen LogP contribution in [-0.2, 0) is 6.61 Å². The number of nitrogens with zero attached hydrogens (tertiary/aromatic N) is 1. The molecule has 2 aromatic rings. The molecular weight excluding hydrogens is 445 g/mol. The summed E-state index contributed by atoms with van der Waals surface area (Å²) in [6.07, 6.45) is 1.47. The molecule has 6 nitrogen and oxygen atoms in total. The van der Waals surface area contributed by atoms with Crippen molar-refractivity contribution in [3.63, 3.8) is 0 Å². The molecule has 0 aliphatic rings. The predicted octanol–water partition coefficient (Wildman–Crippen LogP) is 3.53. The standard InChI is InChI=1S/C16H15ClIN3O3/c1-23-14-7-10(8-20-21-16(19)22)6-13(18)15(14)24-9-11-4-2-3-5-12(11)17/h2-8H,9H2,1H3,(H3,19,21,22)/b20-8-. The Hall–Kier alpha value is -2.00. The van der Waals surface area contributed by atoms with Crippen molar-refractivity contribution in [3.05, 3.63) is 56.1 Å². The highest BCUT2D eigenvalue weighted by Crippen LogP contribution is 2.34. The topological polar surface area (TPSA) is 85.9 Å². The third-order valence-electron chi connectivity index (χ3n) is 2.97. The zero-order valence-electron chi connectivity index (χ0n) is 12.8. The van der Waals surface area contributed by atoms with Crippen molar-refractivity contribution in [1.82, 2.24) is 5.43 Å². The number of halogens is 2. The van der Waals surface area contributed by atoms with Crippen molar-refractivity contribution in [3.8, 4) is 11.5 Å². The summed E-state index contributed by atoms with van der Waals surface area (Å²) < 4.78 is 12.1. The number of methoxy groups -OCH3 is 1. The van der Waals surface area contributed by atoms with Crippen LogP contribution in [0.15, 0.2) is 41.5 Å². The molecular formula is C16H15ClIN3O3. The molecule has 0 atom stereocenters. The first-order chi connectivity index (χ1) is 11.5. The number of primary amides is 1. The lowest BCUT2D eigenvalue weighted by Crippen LogP contribution is -2.24. The smallest absolute Gasteiger partial charge is 0.332 e. The van der Waals surface area contributed by atoms with Gasteiger partial charge in [-0.15, -0.1) is 0 Å². The lowest BCUT2D eigenvalue weighted by Gasteiger charge is -2.14. The van der Waals surface area contributed by atoms with Crippen LogP contribution in [0.25, 0.3) is 0 Å². The van der Waals surface area contributed by atoms with E-state index in [-0.39, 0.29) is 0 Å². The van der Waals surface area contributed by atoms with Crippen LogP contribution in [0.5, 0.6) is 11.5 Å². The zero-order chi connectivity index (χ0) is 17.5. The number of amides is 2. The number of nitrogens with two attached hydrogens (primary N) is 1. The predicted molar refractivity (Wildman–Crippen MR) is 102 cm³/mol. The van der Waals surface area contributed by atoms with Gasteiger partial charge in [-0.3, -0.25) is 0 Å². The molecule has 0 radical (unpaired) electrons. The number of urea groups is 1. The second-order valence-electron chi connectivity index (χ2n) is 4.65. The van der Waals surface area contributed by atoms with Crippen molar-refractivity contribution in [2.75, 3.05) is 7.11 Å². The van der Waals surface area contributed by atoms with Crippen molar-refractivity contribution in [1.29, 1.82) is 0 Å². The lowest BCUT2D eigenvalue weighted by atomic mass is 10.2. The summed E-state index contributed by atoms with van der Waals surface area (Å²) in [6.45, 7) is 0.322. The van der Waals surface area contributed by atoms with E-state index in [1.807, 2.05) is 30.3 Å². The van der Waals surface area contributed by atoms with Gasteiger partial charge in [-0.25, -0.2) is 10.2 Å². The van der Waals surface area contributed by atoms with E-state index in [0.29, 0.717) is 23.1 Å². The Bertz CT molecular complexity index is 768. The fraction of sp³-hybridized carbons (Fsp3) is 0.125. The number of nitrogens with one attached hydrogen (secondary N) is 1. The maximum absolute atomic E-state index is 10.6. The maximum atomic E-state index is 10.6. The number of benzene rings is 2. The van der Waals surface area contributed by atoms with E-state index in [1.54, 1.807) is 13.2 Å². The molecule has 0 saturated carbocycles. The molecule has 0 spiro atoms. The van der Waals surface area contributed by atoms with Crippen LogP contribution in [-0.4, -0.2) is 19.4 Å². The number of hydrogen-bond acceptors (Lipinski definition) is 4. The zero-order valence-corrected chi connectivity index (χ0v) is 15.7. The third kappa shape index (κ3) is 5.00. The molecule has 0 aromatic heterocycles. The van der Waals surface area contributed by atoms with Crippen LogP contribution >= 0.6 is 34.2 Å². The Morgan fingerprint density at radius 3 is 2.83 bits per heavy atom. The first-order valence-electron chi connectivity index (χ1n) is 6.83. The molecule has 24 heavy (non-hydrogen) atoms. The highest BCUT2D eigenvalue weighted by Gasteiger charge is 2.12. The van der Waals surface area contributed by atoms with Gasteiger partial charge in [-0.05, 0) is 46.4 Å². The van der Waals surface area contributed by atoms with Gasteiger partial charge in [0, 0.05) is 10.6 Å². The minimum Gasteiger partial charge on any atom is -0.493 e. The van der Waals surface area contributed by atoms with Gasteiger partial charge >= 0.3 is 6.03 Å². The summed E-state index contributed by atoms with van der Waals surface area (Å²) in [7, 11) is 1.55. The van der Waals surface area contributed by atoms with E-state index >= 15 is 0 Å². The molecule has 2 aromatic carbocycles. The summed E-state index contributed by atoms with van der Waals surface area (Å²) in [5.41, 5.74) is 8.70. The van der Waals surface area contributed by atoms with Crippen molar-refractivity contribution < 1.29 is 14.3 Å². The van der Waals surface area contributed by atoms with Crippen molar-refractivity contribution in [2.45, 2.75) is 6.61 Å². The van der Waals surface area contributed by atoms with Crippen molar-refractivity contribution in [2.24, 2.45) is 10.8 Å². The number of carbonyl (C=O) groups is 1. The molecule has 3 N–H and O–H groups in total. The molecule has 0 unspecified atom stereocenters. The molecule has 0 saturated heterocycles. The molecule has 126 valence electrons. The quantitative estimate of drug-likeness (QED) is 0.394. The Morgan fingerprint density at radius 2 is 2.17 bits per heavy atom. The van der Waals surface area contributed by atoms with Gasteiger partial charge < -0.3 is 15.2 Å². The minimum atomic E-state index is -0.729. The molecule has 0 bridgehead atoms. The van der Waals surface area contributed by atoms with Gasteiger partial charge in [0.25, 0.3) is 0 Å². The largest absolute Gasteiger partial charge is 0.493 e. The van der Waals surface area contributed by atoms with Gasteiger partial charge in [-0.1, -0.05) is 29.8 Å². The SMILES string of the molecule is COc1cc(/C=N\NC(N)=O)cc(I)c1OCc1ccccc1Cl. The Balaban J connectivity index is 2.19. The van der Waals surface area contributed by atoms with E-state index in [1.165, 1.54) is 6.21 Å². The summed E-state index contributed by atoms with van der Waals surface area (Å²) in [6, 6.07) is 10.3. The molecule has 2 amide bonds. The van der Waals surface area contributed by atoms with Gasteiger partial charge in [0.05, 0.1) is 16.9 Å². The van der Waals surface area contributed by atoms with Crippen LogP contribution in [0.1, 0.15) is 11.1 Å². The van der Waals surface area contributed by atoms with E-state index in [9.17, 15) is 4.79 Å². The molecule has 2 rings (SSSR count). The summed E-state index contributed by atoms with van der Waals surface area (Å²) in [4.78, 5) is 10.6. The van der Waals surface area contributed by atoms with Crippen LogP contribution in [0.4, 0.5) is 4.79 Å². The monoisotopic (exact) mass is 459 g/mol. The normalized spacial score (nSPS) is 10.6. The second kappa shape index (κ2) is 8.74. The van der Waals surface area contributed by atoms with Crippen LogP contribution in [0, 0.1) is 3.57 Å². The summed E-state index contributed by atoms with van der Waals surface area (Å²) >= 11 is 8.28. The number of rotatable bonds is 6. The van der Waals surface area contributed by atoms with E-state index in [2.05, 4.69) is 33.1 Å². The second-order valence-corrected chi connectivity index (χ2v) is 6.22. The van der Waals surface area contributed by atoms with Crippen LogP contribution in [0.3, 0.4) is 0 Å². The Morgan fingerprint density at radius 1 is 1.42 bits per heavy atom. The third-order valence-corrected chi connectivity index (χ3v) is 4.14. The number of hydrogen-bond donors (Lipinski definition) is 2. The molecule has 0 heterocycles. The lowest BCUT2D eigenvalue weighted by molar-refractivity contribution is 0.249. The maximum Gasteiger partial charge on any atom is 0.332 e. The van der Waals surface area contributed by atoms with Gasteiger partial charge in [0.2, 0.25) is 0 Å². The molecule has 8 heteroatoms. The van der Waals surface area contributed by atoms with Gasteiger partial charge in [0.15, 0.2) is 11.5 Å². The Labute approximate surface area is 158 Å². The average Bonchev–Trinajstić information content (AvgIpc) is 2.54. The molecule has 0 aliphatic carbocycles. The summed E-state index contributed by atoms with van der Waals surface area (Å²) in [5, 5.41) is 4.37.